The molecule has 0 bridgehead atoms. The number of nitro groups is 1. The van der Waals surface area contributed by atoms with E-state index in [1.165, 1.54) is 18.2 Å². The number of aromatic nitrogens is 1. The standard InChI is InChI=1S/C9H5Cl2N3O4S2/c10-5-1-2-6(11)7(3-5)20(17,18)13-9-12-4-8(19-9)14(15)16/h1-4H,(H,12,13). The molecule has 0 saturated carbocycles. The molecule has 0 aliphatic carbocycles. The van der Waals surface area contributed by atoms with E-state index in [2.05, 4.69) is 9.71 Å². The average molecular weight is 354 g/mol. The van der Waals surface area contributed by atoms with Gasteiger partial charge in [-0.05, 0) is 29.5 Å². The van der Waals surface area contributed by atoms with Crippen LogP contribution in [0.4, 0.5) is 10.1 Å². The fourth-order valence-electron chi connectivity index (χ4n) is 1.25. The van der Waals surface area contributed by atoms with Gasteiger partial charge in [0.05, 0.1) is 9.95 Å². The minimum absolute atomic E-state index is 0.0204. The number of benzene rings is 1. The molecular weight excluding hydrogens is 349 g/mol. The van der Waals surface area contributed by atoms with Gasteiger partial charge < -0.3 is 0 Å². The van der Waals surface area contributed by atoms with Gasteiger partial charge in [0.25, 0.3) is 10.0 Å². The van der Waals surface area contributed by atoms with E-state index in [1.54, 1.807) is 0 Å². The number of anilines is 1. The van der Waals surface area contributed by atoms with Crippen LogP contribution in [0.2, 0.25) is 10.0 Å². The first-order chi connectivity index (χ1) is 9.29. The van der Waals surface area contributed by atoms with Crippen molar-refractivity contribution < 1.29 is 13.3 Å². The lowest BCUT2D eigenvalue weighted by atomic mass is 10.4. The van der Waals surface area contributed by atoms with Gasteiger partial charge in [-0.25, -0.2) is 13.4 Å². The van der Waals surface area contributed by atoms with E-state index in [9.17, 15) is 18.5 Å². The summed E-state index contributed by atoms with van der Waals surface area (Å²) in [5, 5.41) is 10.3. The zero-order valence-electron chi connectivity index (χ0n) is 9.41. The molecule has 106 valence electrons. The topological polar surface area (TPSA) is 102 Å². The van der Waals surface area contributed by atoms with E-state index in [1.807, 2.05) is 0 Å². The maximum absolute atomic E-state index is 12.1. The molecule has 2 aromatic rings. The molecule has 1 aromatic carbocycles. The highest BCUT2D eigenvalue weighted by Crippen LogP contribution is 2.30. The first-order valence-electron chi connectivity index (χ1n) is 4.88. The summed E-state index contributed by atoms with van der Waals surface area (Å²) in [6.07, 6.45) is 0.960. The average Bonchev–Trinajstić information content (AvgIpc) is 2.80. The van der Waals surface area contributed by atoms with Crippen LogP contribution < -0.4 is 4.72 Å². The largest absolute Gasteiger partial charge is 0.345 e. The molecule has 1 aromatic heterocycles. The molecule has 0 saturated heterocycles. The highest BCUT2D eigenvalue weighted by molar-refractivity contribution is 7.93. The molecule has 0 spiro atoms. The summed E-state index contributed by atoms with van der Waals surface area (Å²) in [4.78, 5) is 13.2. The Hall–Kier alpha value is -1.42. The van der Waals surface area contributed by atoms with Crippen LogP contribution in [0.25, 0.3) is 0 Å². The minimum Gasteiger partial charge on any atom is -0.257 e. The molecule has 0 aliphatic heterocycles. The maximum Gasteiger partial charge on any atom is 0.345 e. The Kier molecular flexibility index (Phi) is 4.14. The van der Waals surface area contributed by atoms with Crippen molar-refractivity contribution in [1.29, 1.82) is 0 Å². The third-order valence-corrected chi connectivity index (χ3v) is 5.13. The summed E-state index contributed by atoms with van der Waals surface area (Å²) in [5.41, 5.74) is 0. The lowest BCUT2D eigenvalue weighted by Crippen LogP contribution is -2.13. The van der Waals surface area contributed by atoms with Crippen molar-refractivity contribution in [1.82, 2.24) is 4.98 Å². The fourth-order valence-corrected chi connectivity index (χ4v) is 3.89. The van der Waals surface area contributed by atoms with Crippen LogP contribution in [-0.2, 0) is 10.0 Å². The number of nitrogens with one attached hydrogen (secondary N) is 1. The number of sulfonamides is 1. The Bertz CT molecular complexity index is 775. The number of hydrogen-bond donors (Lipinski definition) is 1. The molecule has 20 heavy (non-hydrogen) atoms. The Labute approximate surface area is 127 Å². The van der Waals surface area contributed by atoms with Crippen LogP contribution in [0.3, 0.4) is 0 Å². The third-order valence-electron chi connectivity index (χ3n) is 2.08. The maximum atomic E-state index is 12.1. The Balaban J connectivity index is 2.35. The summed E-state index contributed by atoms with van der Waals surface area (Å²) in [7, 11) is -4.02. The van der Waals surface area contributed by atoms with E-state index in [4.69, 9.17) is 23.2 Å². The number of thiazole rings is 1. The predicted molar refractivity (Wildman–Crippen MR) is 76.0 cm³/mol. The second kappa shape index (κ2) is 5.52. The van der Waals surface area contributed by atoms with Gasteiger partial charge in [-0.3, -0.25) is 14.8 Å². The van der Waals surface area contributed by atoms with Crippen molar-refractivity contribution in [3.8, 4) is 0 Å². The zero-order valence-corrected chi connectivity index (χ0v) is 12.6. The molecule has 0 atom stereocenters. The van der Waals surface area contributed by atoms with Gasteiger partial charge in [-0.2, -0.15) is 0 Å². The van der Waals surface area contributed by atoms with Gasteiger partial charge in [-0.1, -0.05) is 23.2 Å². The minimum atomic E-state index is -4.02. The van der Waals surface area contributed by atoms with E-state index in [0.29, 0.717) is 11.3 Å². The zero-order chi connectivity index (χ0) is 14.9. The number of rotatable bonds is 4. The number of halogens is 2. The van der Waals surface area contributed by atoms with Crippen molar-refractivity contribution in [3.63, 3.8) is 0 Å². The molecule has 0 unspecified atom stereocenters. The van der Waals surface area contributed by atoms with E-state index in [-0.39, 0.29) is 25.1 Å². The van der Waals surface area contributed by atoms with E-state index in [0.717, 1.165) is 6.20 Å². The van der Waals surface area contributed by atoms with Gasteiger partial charge in [0.1, 0.15) is 11.1 Å². The van der Waals surface area contributed by atoms with Crippen LogP contribution in [0.1, 0.15) is 0 Å². The second-order valence-electron chi connectivity index (χ2n) is 3.44. The molecule has 1 heterocycles. The van der Waals surface area contributed by atoms with Crippen LogP contribution in [0.5, 0.6) is 0 Å². The molecule has 2 rings (SSSR count). The van der Waals surface area contributed by atoms with E-state index >= 15 is 0 Å². The molecule has 0 amide bonds. The third kappa shape index (κ3) is 3.18. The first kappa shape index (κ1) is 15.0. The normalized spacial score (nSPS) is 11.3. The summed E-state index contributed by atoms with van der Waals surface area (Å²) in [5.74, 6) is 0. The lowest BCUT2D eigenvalue weighted by Gasteiger charge is -2.07. The summed E-state index contributed by atoms with van der Waals surface area (Å²) in [6.45, 7) is 0. The molecule has 1 N–H and O–H groups in total. The van der Waals surface area contributed by atoms with Crippen LogP contribution in [0.15, 0.2) is 29.3 Å². The van der Waals surface area contributed by atoms with Crippen LogP contribution >= 0.6 is 34.5 Å². The predicted octanol–water partition coefficient (Wildman–Crippen LogP) is 3.16. The highest BCUT2D eigenvalue weighted by atomic mass is 35.5. The molecule has 0 radical (unpaired) electrons. The van der Waals surface area contributed by atoms with E-state index < -0.39 is 14.9 Å². The van der Waals surface area contributed by atoms with Crippen LogP contribution in [-0.4, -0.2) is 18.3 Å². The summed E-state index contributed by atoms with van der Waals surface area (Å²) >= 11 is 12.1. The Morgan fingerprint density at radius 1 is 1.35 bits per heavy atom. The van der Waals surface area contributed by atoms with Crippen molar-refractivity contribution in [2.45, 2.75) is 4.90 Å². The molecule has 7 nitrogen and oxygen atoms in total. The molecule has 0 aliphatic rings. The fraction of sp³-hybridized carbons (Fsp3) is 0. The van der Waals surface area contributed by atoms with Crippen molar-refractivity contribution in [3.05, 3.63) is 44.6 Å². The highest BCUT2D eigenvalue weighted by Gasteiger charge is 2.21. The Morgan fingerprint density at radius 2 is 2.05 bits per heavy atom. The lowest BCUT2D eigenvalue weighted by molar-refractivity contribution is -0.380. The summed E-state index contributed by atoms with van der Waals surface area (Å²) < 4.78 is 26.3. The number of nitrogens with zero attached hydrogens (tertiary/aromatic N) is 2. The first-order valence-corrected chi connectivity index (χ1v) is 7.93. The monoisotopic (exact) mass is 353 g/mol. The SMILES string of the molecule is O=[N+]([O-])c1cnc(NS(=O)(=O)c2cc(Cl)ccc2Cl)s1. The van der Waals surface area contributed by atoms with Gasteiger partial charge in [0.15, 0.2) is 0 Å². The van der Waals surface area contributed by atoms with Crippen molar-refractivity contribution in [2.24, 2.45) is 0 Å². The smallest absolute Gasteiger partial charge is 0.257 e. The van der Waals surface area contributed by atoms with Crippen molar-refractivity contribution >= 4 is 54.7 Å². The number of hydrogen-bond acceptors (Lipinski definition) is 6. The summed E-state index contributed by atoms with van der Waals surface area (Å²) in [6, 6.07) is 3.95. The van der Waals surface area contributed by atoms with Crippen LogP contribution in [0, 0.1) is 10.1 Å². The second-order valence-corrected chi connectivity index (χ2v) is 6.94. The molecule has 0 fully saturated rings. The van der Waals surface area contributed by atoms with Gasteiger partial charge >= 0.3 is 5.00 Å². The quantitative estimate of drug-likeness (QED) is 0.671. The molecule has 11 heteroatoms. The molecular formula is C9H5Cl2N3O4S2. The van der Waals surface area contributed by atoms with Gasteiger partial charge in [0, 0.05) is 5.02 Å². The van der Waals surface area contributed by atoms with Gasteiger partial charge in [0.2, 0.25) is 5.13 Å². The van der Waals surface area contributed by atoms with Gasteiger partial charge in [-0.15, -0.1) is 0 Å². The Morgan fingerprint density at radius 3 is 2.65 bits per heavy atom. The van der Waals surface area contributed by atoms with Crippen molar-refractivity contribution in [2.75, 3.05) is 4.72 Å².